The van der Waals surface area contributed by atoms with Gasteiger partial charge in [0, 0.05) is 71.5 Å². The number of allylic oxidation sites excluding steroid dienone is 2. The highest BCUT2D eigenvalue weighted by atomic mass is 16.5. The molecule has 182 valence electrons. The van der Waals surface area contributed by atoms with E-state index < -0.39 is 0 Å². The molecule has 0 aliphatic carbocycles. The summed E-state index contributed by atoms with van der Waals surface area (Å²) in [6, 6.07) is 7.11. The molecule has 0 radical (unpaired) electrons. The highest BCUT2D eigenvalue weighted by Gasteiger charge is 2.18. The van der Waals surface area contributed by atoms with Crippen LogP contribution in [0.15, 0.2) is 36.0 Å². The van der Waals surface area contributed by atoms with Gasteiger partial charge in [0.2, 0.25) is 11.8 Å². The largest absolute Gasteiger partial charge is 0.466 e. The molecule has 0 spiro atoms. The number of nitrogens with zero attached hydrogens (tertiary/aromatic N) is 2. The van der Waals surface area contributed by atoms with Crippen LogP contribution >= 0.6 is 0 Å². The van der Waals surface area contributed by atoms with Crippen molar-refractivity contribution < 1.29 is 28.7 Å². The standard InChI is InChI=1S/C24H35N3O6/c1-18(25-3)15-22(29)16-20-7-9-21(10-8-20)27(5)24(31)17-23(30)26(4)11-14-32-12-6-13-33-19(2)28/h7-10,15,25H,6,11-14,16-17H2,1-5H3/b18-15-. The van der Waals surface area contributed by atoms with Gasteiger partial charge in [-0.1, -0.05) is 12.1 Å². The molecule has 9 heteroatoms. The summed E-state index contributed by atoms with van der Waals surface area (Å²) in [7, 11) is 4.99. The average molecular weight is 462 g/mol. The Hall–Kier alpha value is -3.20. The van der Waals surface area contributed by atoms with Crippen LogP contribution in [0.3, 0.4) is 0 Å². The first-order valence-corrected chi connectivity index (χ1v) is 10.8. The van der Waals surface area contributed by atoms with Gasteiger partial charge in [-0.2, -0.15) is 0 Å². The number of esters is 1. The highest BCUT2D eigenvalue weighted by Crippen LogP contribution is 2.16. The third-order valence-electron chi connectivity index (χ3n) is 4.89. The minimum Gasteiger partial charge on any atom is -0.466 e. The summed E-state index contributed by atoms with van der Waals surface area (Å²) in [4.78, 5) is 50.4. The first-order chi connectivity index (χ1) is 15.6. The number of carbonyl (C=O) groups is 4. The van der Waals surface area contributed by atoms with Crippen molar-refractivity contribution in [2.24, 2.45) is 0 Å². The first-order valence-electron chi connectivity index (χ1n) is 10.8. The maximum atomic E-state index is 12.5. The Bertz CT molecular complexity index is 835. The van der Waals surface area contributed by atoms with E-state index in [1.807, 2.05) is 6.92 Å². The smallest absolute Gasteiger partial charge is 0.302 e. The summed E-state index contributed by atoms with van der Waals surface area (Å²) in [6.45, 7) is 4.58. The average Bonchev–Trinajstić information content (AvgIpc) is 2.77. The fraction of sp³-hybridized carbons (Fsp3) is 0.500. The number of carbonyl (C=O) groups excluding carboxylic acids is 4. The van der Waals surface area contributed by atoms with Crippen molar-refractivity contribution in [1.82, 2.24) is 10.2 Å². The Balaban J connectivity index is 2.43. The SMILES string of the molecule is CN/C(C)=C\C(=O)Cc1ccc(N(C)C(=O)CC(=O)N(C)CCOCCCOC(C)=O)cc1. The number of anilines is 1. The highest BCUT2D eigenvalue weighted by molar-refractivity contribution is 6.04. The summed E-state index contributed by atoms with van der Waals surface area (Å²) in [6.07, 6.45) is 2.15. The fourth-order valence-electron chi connectivity index (χ4n) is 2.74. The van der Waals surface area contributed by atoms with E-state index in [9.17, 15) is 19.2 Å². The van der Waals surface area contributed by atoms with Gasteiger partial charge in [-0.3, -0.25) is 19.2 Å². The quantitative estimate of drug-likeness (QED) is 0.195. The summed E-state index contributed by atoms with van der Waals surface area (Å²) >= 11 is 0. The minimum atomic E-state index is -0.328. The lowest BCUT2D eigenvalue weighted by atomic mass is 10.1. The molecule has 0 bridgehead atoms. The molecule has 1 rings (SSSR count). The third kappa shape index (κ3) is 11.3. The normalized spacial score (nSPS) is 11.0. The molecular weight excluding hydrogens is 426 g/mol. The second-order valence-electron chi connectivity index (χ2n) is 7.64. The van der Waals surface area contributed by atoms with Gasteiger partial charge < -0.3 is 24.6 Å². The van der Waals surface area contributed by atoms with Crippen LogP contribution in [0.2, 0.25) is 0 Å². The molecule has 9 nitrogen and oxygen atoms in total. The van der Waals surface area contributed by atoms with Crippen molar-refractivity contribution in [1.29, 1.82) is 0 Å². The number of ketones is 1. The van der Waals surface area contributed by atoms with Crippen LogP contribution in [0.1, 0.15) is 32.3 Å². The van der Waals surface area contributed by atoms with Gasteiger partial charge >= 0.3 is 5.97 Å². The van der Waals surface area contributed by atoms with Gasteiger partial charge in [0.15, 0.2) is 5.78 Å². The number of benzene rings is 1. The third-order valence-corrected chi connectivity index (χ3v) is 4.89. The predicted molar refractivity (Wildman–Crippen MR) is 126 cm³/mol. The molecule has 2 amide bonds. The number of likely N-dealkylation sites (N-methyl/N-ethyl adjacent to an activating group) is 1. The number of nitrogens with one attached hydrogen (secondary N) is 1. The Kier molecular flexibility index (Phi) is 12.5. The predicted octanol–water partition coefficient (Wildman–Crippen LogP) is 1.70. The number of hydrogen-bond acceptors (Lipinski definition) is 7. The number of ether oxygens (including phenoxy) is 2. The molecule has 33 heavy (non-hydrogen) atoms. The lowest BCUT2D eigenvalue weighted by Gasteiger charge is -2.21. The lowest BCUT2D eigenvalue weighted by molar-refractivity contribution is -0.141. The summed E-state index contributed by atoms with van der Waals surface area (Å²) in [5.74, 6) is -0.968. The van der Waals surface area contributed by atoms with Crippen molar-refractivity contribution in [3.05, 3.63) is 41.6 Å². The van der Waals surface area contributed by atoms with Gasteiger partial charge in [0.25, 0.3) is 0 Å². The molecule has 0 heterocycles. The summed E-state index contributed by atoms with van der Waals surface area (Å²) < 4.78 is 10.2. The summed E-state index contributed by atoms with van der Waals surface area (Å²) in [5.41, 5.74) is 2.28. The molecule has 1 N–H and O–H groups in total. The van der Waals surface area contributed by atoms with Gasteiger partial charge in [-0.05, 0) is 24.6 Å². The van der Waals surface area contributed by atoms with Crippen LogP contribution < -0.4 is 10.2 Å². The molecule has 0 aliphatic rings. The Morgan fingerprint density at radius 3 is 2.24 bits per heavy atom. The maximum absolute atomic E-state index is 12.5. The minimum absolute atomic E-state index is 0.0129. The number of amides is 2. The van der Waals surface area contributed by atoms with Gasteiger partial charge in [-0.25, -0.2) is 0 Å². The van der Waals surface area contributed by atoms with Crippen LogP contribution in [0.4, 0.5) is 5.69 Å². The van der Waals surface area contributed by atoms with Gasteiger partial charge in [0.1, 0.15) is 6.42 Å². The van der Waals surface area contributed by atoms with E-state index in [-0.39, 0.29) is 36.4 Å². The van der Waals surface area contributed by atoms with Crippen LogP contribution in [-0.2, 0) is 35.1 Å². The molecule has 0 saturated carbocycles. The molecule has 1 aromatic rings. The van der Waals surface area contributed by atoms with Crippen LogP contribution in [-0.4, -0.2) is 76.0 Å². The number of rotatable bonds is 14. The van der Waals surface area contributed by atoms with E-state index >= 15 is 0 Å². The number of hydrogen-bond donors (Lipinski definition) is 1. The molecule has 0 fully saturated rings. The molecule has 0 saturated heterocycles. The summed E-state index contributed by atoms with van der Waals surface area (Å²) in [5, 5.41) is 2.91. The maximum Gasteiger partial charge on any atom is 0.302 e. The fourth-order valence-corrected chi connectivity index (χ4v) is 2.74. The van der Waals surface area contributed by atoms with E-state index in [1.54, 1.807) is 51.5 Å². The van der Waals surface area contributed by atoms with E-state index in [1.165, 1.54) is 16.7 Å². The molecule has 0 unspecified atom stereocenters. The second-order valence-corrected chi connectivity index (χ2v) is 7.64. The molecule has 0 aromatic heterocycles. The van der Waals surface area contributed by atoms with Crippen molar-refractivity contribution in [3.8, 4) is 0 Å². The Morgan fingerprint density at radius 1 is 0.970 bits per heavy atom. The van der Waals surface area contributed by atoms with E-state index in [4.69, 9.17) is 9.47 Å². The Labute approximate surface area is 195 Å². The molecule has 0 aliphatic heterocycles. The van der Waals surface area contributed by atoms with E-state index in [2.05, 4.69) is 5.32 Å². The lowest BCUT2D eigenvalue weighted by Crippen LogP contribution is -2.36. The van der Waals surface area contributed by atoms with Crippen molar-refractivity contribution in [3.63, 3.8) is 0 Å². The van der Waals surface area contributed by atoms with Crippen LogP contribution in [0.25, 0.3) is 0 Å². The van der Waals surface area contributed by atoms with Crippen molar-refractivity contribution >= 4 is 29.3 Å². The van der Waals surface area contributed by atoms with Crippen LogP contribution in [0, 0.1) is 0 Å². The van der Waals surface area contributed by atoms with Gasteiger partial charge in [0.05, 0.1) is 13.2 Å². The van der Waals surface area contributed by atoms with Gasteiger partial charge in [-0.15, -0.1) is 0 Å². The zero-order valence-corrected chi connectivity index (χ0v) is 20.2. The first kappa shape index (κ1) is 27.8. The zero-order chi connectivity index (χ0) is 24.8. The van der Waals surface area contributed by atoms with Crippen LogP contribution in [0.5, 0.6) is 0 Å². The monoisotopic (exact) mass is 461 g/mol. The molecular formula is C24H35N3O6. The van der Waals surface area contributed by atoms with Crippen molar-refractivity contribution in [2.45, 2.75) is 33.1 Å². The van der Waals surface area contributed by atoms with Crippen molar-refractivity contribution in [2.75, 3.05) is 52.4 Å². The van der Waals surface area contributed by atoms with E-state index in [0.717, 1.165) is 11.3 Å². The zero-order valence-electron chi connectivity index (χ0n) is 20.2. The Morgan fingerprint density at radius 2 is 1.64 bits per heavy atom. The van der Waals surface area contributed by atoms with E-state index in [0.29, 0.717) is 38.5 Å². The molecule has 1 aromatic carbocycles. The molecule has 0 atom stereocenters. The topological polar surface area (TPSA) is 105 Å². The second kappa shape index (κ2) is 14.8.